The zero-order chi connectivity index (χ0) is 21.6. The fraction of sp³-hybridized carbons (Fsp3) is 0.533. The summed E-state index contributed by atoms with van der Waals surface area (Å²) in [5.74, 6) is 0. The van der Waals surface area contributed by atoms with Crippen molar-refractivity contribution in [1.82, 2.24) is 4.57 Å². The molecule has 0 saturated heterocycles. The van der Waals surface area contributed by atoms with Crippen LogP contribution in [0.3, 0.4) is 0 Å². The summed E-state index contributed by atoms with van der Waals surface area (Å²) in [5, 5.41) is 1.34. The molecule has 0 N–H and O–H groups in total. The molecule has 0 aliphatic carbocycles. The standard InChI is InChI=1S/C30H43N/c1-2-3-4-5-6-7-8-9-10-11-12-13-17-23-29(27-20-15-14-16-21-27)31-26-25-28-22-18-19-24-30(28)31/h14-16,18-22,24-26,29H,2-13,17,23H2,1H3. The van der Waals surface area contributed by atoms with Crippen molar-refractivity contribution in [3.05, 3.63) is 72.4 Å². The first-order valence-corrected chi connectivity index (χ1v) is 13.0. The van der Waals surface area contributed by atoms with Gasteiger partial charge in [0.15, 0.2) is 0 Å². The van der Waals surface area contributed by atoms with Crippen LogP contribution in [-0.4, -0.2) is 4.57 Å². The number of aromatic nitrogens is 1. The summed E-state index contributed by atoms with van der Waals surface area (Å²) < 4.78 is 2.49. The maximum Gasteiger partial charge on any atom is 0.0585 e. The van der Waals surface area contributed by atoms with E-state index in [2.05, 4.69) is 78.4 Å². The van der Waals surface area contributed by atoms with Crippen LogP contribution >= 0.6 is 0 Å². The van der Waals surface area contributed by atoms with Crippen molar-refractivity contribution >= 4 is 10.9 Å². The van der Waals surface area contributed by atoms with E-state index in [1.54, 1.807) is 0 Å². The second-order valence-electron chi connectivity index (χ2n) is 9.24. The Morgan fingerprint density at radius 2 is 1.13 bits per heavy atom. The number of hydrogen-bond donors (Lipinski definition) is 0. The summed E-state index contributed by atoms with van der Waals surface area (Å²) in [6, 6.07) is 22.5. The molecule has 31 heavy (non-hydrogen) atoms. The molecule has 0 aliphatic rings. The number of unbranched alkanes of at least 4 members (excludes halogenated alkanes) is 12. The normalized spacial score (nSPS) is 12.4. The number of rotatable bonds is 16. The fourth-order valence-electron chi connectivity index (χ4n) is 4.87. The van der Waals surface area contributed by atoms with Crippen molar-refractivity contribution in [3.63, 3.8) is 0 Å². The Bertz CT molecular complexity index is 832. The Hall–Kier alpha value is -2.02. The molecule has 1 unspecified atom stereocenters. The molecule has 1 atom stereocenters. The molecule has 1 nitrogen and oxygen atoms in total. The molecule has 0 fully saturated rings. The van der Waals surface area contributed by atoms with Crippen LogP contribution in [0.1, 0.15) is 108 Å². The largest absolute Gasteiger partial charge is 0.340 e. The van der Waals surface area contributed by atoms with Gasteiger partial charge in [-0.25, -0.2) is 0 Å². The molecule has 0 bridgehead atoms. The highest BCUT2D eigenvalue weighted by Crippen LogP contribution is 2.29. The second kappa shape index (κ2) is 14.1. The average molecular weight is 418 g/mol. The third-order valence-electron chi connectivity index (χ3n) is 6.73. The van der Waals surface area contributed by atoms with Crippen LogP contribution in [0.25, 0.3) is 10.9 Å². The van der Waals surface area contributed by atoms with Crippen molar-refractivity contribution in [2.24, 2.45) is 0 Å². The van der Waals surface area contributed by atoms with Gasteiger partial charge < -0.3 is 4.57 Å². The predicted molar refractivity (Wildman–Crippen MR) is 137 cm³/mol. The van der Waals surface area contributed by atoms with Crippen molar-refractivity contribution in [1.29, 1.82) is 0 Å². The molecule has 3 aromatic rings. The Balaban J connectivity index is 1.37. The summed E-state index contributed by atoms with van der Waals surface area (Å²) in [4.78, 5) is 0. The quantitative estimate of drug-likeness (QED) is 0.204. The van der Waals surface area contributed by atoms with Gasteiger partial charge in [0.25, 0.3) is 0 Å². The van der Waals surface area contributed by atoms with Crippen molar-refractivity contribution < 1.29 is 0 Å². The molecule has 1 aromatic heterocycles. The average Bonchev–Trinajstić information content (AvgIpc) is 3.24. The van der Waals surface area contributed by atoms with Crippen LogP contribution in [0.5, 0.6) is 0 Å². The van der Waals surface area contributed by atoms with Gasteiger partial charge in [-0.15, -0.1) is 0 Å². The maximum atomic E-state index is 2.49. The Labute approximate surface area is 190 Å². The predicted octanol–water partition coefficient (Wildman–Crippen LogP) is 9.71. The molecule has 1 heterocycles. The first-order chi connectivity index (χ1) is 15.4. The van der Waals surface area contributed by atoms with Gasteiger partial charge in [0, 0.05) is 11.7 Å². The summed E-state index contributed by atoms with van der Waals surface area (Å²) >= 11 is 0. The van der Waals surface area contributed by atoms with E-state index in [1.807, 2.05) is 0 Å². The zero-order valence-electron chi connectivity index (χ0n) is 19.8. The van der Waals surface area contributed by atoms with E-state index >= 15 is 0 Å². The van der Waals surface area contributed by atoms with Crippen molar-refractivity contribution in [2.45, 2.75) is 103 Å². The van der Waals surface area contributed by atoms with E-state index in [0.29, 0.717) is 6.04 Å². The zero-order valence-corrected chi connectivity index (χ0v) is 19.8. The first kappa shape index (κ1) is 23.6. The monoisotopic (exact) mass is 417 g/mol. The van der Waals surface area contributed by atoms with Gasteiger partial charge in [0.2, 0.25) is 0 Å². The molecular formula is C30H43N. The third kappa shape index (κ3) is 7.87. The summed E-state index contributed by atoms with van der Waals surface area (Å²) in [5.41, 5.74) is 2.79. The molecule has 168 valence electrons. The van der Waals surface area contributed by atoms with Gasteiger partial charge in [0.1, 0.15) is 0 Å². The number of hydrogen-bond acceptors (Lipinski definition) is 0. The summed E-state index contributed by atoms with van der Waals surface area (Å²) in [6.07, 6.45) is 21.9. The highest BCUT2D eigenvalue weighted by atomic mass is 15.0. The molecule has 0 aliphatic heterocycles. The molecule has 1 heteroatoms. The SMILES string of the molecule is CCCCCCCCCCCCCCCC(c1ccccc1)n1ccc2ccccc21. The van der Waals surface area contributed by atoms with Crippen LogP contribution in [0.2, 0.25) is 0 Å². The van der Waals surface area contributed by atoms with Gasteiger partial charge in [-0.3, -0.25) is 0 Å². The van der Waals surface area contributed by atoms with Crippen LogP contribution in [0, 0.1) is 0 Å². The highest BCUT2D eigenvalue weighted by Gasteiger charge is 2.15. The molecule has 0 spiro atoms. The molecule has 0 saturated carbocycles. The summed E-state index contributed by atoms with van der Waals surface area (Å²) in [6.45, 7) is 2.30. The van der Waals surface area contributed by atoms with Gasteiger partial charge >= 0.3 is 0 Å². The smallest absolute Gasteiger partial charge is 0.0585 e. The van der Waals surface area contributed by atoms with Crippen molar-refractivity contribution in [2.75, 3.05) is 0 Å². The summed E-state index contributed by atoms with van der Waals surface area (Å²) in [7, 11) is 0. The Kier molecular flexibility index (Phi) is 10.8. The number of para-hydroxylation sites is 1. The lowest BCUT2D eigenvalue weighted by molar-refractivity contribution is 0.494. The molecular weight excluding hydrogens is 374 g/mol. The van der Waals surface area contributed by atoms with Gasteiger partial charge in [-0.05, 0) is 29.5 Å². The molecule has 3 rings (SSSR count). The minimum absolute atomic E-state index is 0.439. The van der Waals surface area contributed by atoms with Gasteiger partial charge in [-0.1, -0.05) is 139 Å². The van der Waals surface area contributed by atoms with Gasteiger partial charge in [0.05, 0.1) is 6.04 Å². The molecule has 0 amide bonds. The lowest BCUT2D eigenvalue weighted by atomic mass is 9.98. The Morgan fingerprint density at radius 1 is 0.581 bits per heavy atom. The van der Waals surface area contributed by atoms with Crippen LogP contribution in [0.4, 0.5) is 0 Å². The van der Waals surface area contributed by atoms with Crippen LogP contribution < -0.4 is 0 Å². The number of benzene rings is 2. The molecule has 2 aromatic carbocycles. The second-order valence-corrected chi connectivity index (χ2v) is 9.24. The van der Waals surface area contributed by atoms with E-state index in [-0.39, 0.29) is 0 Å². The van der Waals surface area contributed by atoms with Crippen molar-refractivity contribution in [3.8, 4) is 0 Å². The third-order valence-corrected chi connectivity index (χ3v) is 6.73. The number of fused-ring (bicyclic) bond motifs is 1. The van der Waals surface area contributed by atoms with E-state index < -0.39 is 0 Å². The van der Waals surface area contributed by atoms with Gasteiger partial charge in [-0.2, -0.15) is 0 Å². The van der Waals surface area contributed by atoms with E-state index in [4.69, 9.17) is 0 Å². The maximum absolute atomic E-state index is 2.49. The topological polar surface area (TPSA) is 4.93 Å². The minimum atomic E-state index is 0.439. The van der Waals surface area contributed by atoms with E-state index in [9.17, 15) is 0 Å². The Morgan fingerprint density at radius 3 is 1.77 bits per heavy atom. The molecule has 0 radical (unpaired) electrons. The number of nitrogens with zero attached hydrogens (tertiary/aromatic N) is 1. The first-order valence-electron chi connectivity index (χ1n) is 13.0. The lowest BCUT2D eigenvalue weighted by Gasteiger charge is -2.21. The van der Waals surface area contributed by atoms with E-state index in [1.165, 1.54) is 106 Å². The highest BCUT2D eigenvalue weighted by molar-refractivity contribution is 5.80. The lowest BCUT2D eigenvalue weighted by Crippen LogP contribution is -2.09. The van der Waals surface area contributed by atoms with E-state index in [0.717, 1.165) is 0 Å². The fourth-order valence-corrected chi connectivity index (χ4v) is 4.87. The van der Waals surface area contributed by atoms with Crippen LogP contribution in [0.15, 0.2) is 66.9 Å². The van der Waals surface area contributed by atoms with Crippen LogP contribution in [-0.2, 0) is 0 Å². The minimum Gasteiger partial charge on any atom is -0.340 e.